The molecule has 2 saturated carbocycles. The SMILES string of the molecule is CCCOC1CCC2(C)C(=CCC3C(CC)C(CCC)CCC32)C1. The van der Waals surface area contributed by atoms with Crippen LogP contribution in [0.4, 0.5) is 0 Å². The highest BCUT2D eigenvalue weighted by molar-refractivity contribution is 5.24. The molecule has 0 bridgehead atoms. The standard InChI is InChI=1S/C23H40O/c1-5-8-17-9-12-22-21(20(17)7-3)11-10-18-16-19(24-15-6-2)13-14-23(18,22)4/h10,17,19-22H,5-9,11-16H2,1-4H3. The predicted octanol–water partition coefficient (Wildman–Crippen LogP) is 6.77. The van der Waals surface area contributed by atoms with Gasteiger partial charge in [0.15, 0.2) is 0 Å². The number of rotatable bonds is 6. The Hall–Kier alpha value is -0.300. The van der Waals surface area contributed by atoms with Crippen molar-refractivity contribution in [3.63, 3.8) is 0 Å². The lowest BCUT2D eigenvalue weighted by atomic mass is 9.49. The Morgan fingerprint density at radius 1 is 1.12 bits per heavy atom. The van der Waals surface area contributed by atoms with E-state index in [4.69, 9.17) is 4.74 Å². The van der Waals surface area contributed by atoms with E-state index in [1.807, 2.05) is 0 Å². The molecular formula is C23H40O. The summed E-state index contributed by atoms with van der Waals surface area (Å²) in [6.45, 7) is 10.6. The van der Waals surface area contributed by atoms with Crippen LogP contribution in [-0.2, 0) is 4.74 Å². The highest BCUT2D eigenvalue weighted by Gasteiger charge is 2.51. The van der Waals surface area contributed by atoms with E-state index in [1.54, 1.807) is 5.57 Å². The first kappa shape index (κ1) is 18.5. The molecule has 0 saturated heterocycles. The molecule has 6 unspecified atom stereocenters. The Bertz CT molecular complexity index is 439. The van der Waals surface area contributed by atoms with Crippen LogP contribution in [0.25, 0.3) is 0 Å². The van der Waals surface area contributed by atoms with Crippen molar-refractivity contribution in [1.82, 2.24) is 0 Å². The van der Waals surface area contributed by atoms with Gasteiger partial charge >= 0.3 is 0 Å². The summed E-state index contributed by atoms with van der Waals surface area (Å²) in [5.41, 5.74) is 2.25. The summed E-state index contributed by atoms with van der Waals surface area (Å²) >= 11 is 0. The second kappa shape index (κ2) is 7.94. The Morgan fingerprint density at radius 3 is 2.67 bits per heavy atom. The molecule has 138 valence electrons. The molecule has 0 N–H and O–H groups in total. The van der Waals surface area contributed by atoms with Gasteiger partial charge in [0.25, 0.3) is 0 Å². The third-order valence-corrected chi connectivity index (χ3v) is 7.83. The molecule has 0 aromatic rings. The van der Waals surface area contributed by atoms with Gasteiger partial charge in [-0.15, -0.1) is 0 Å². The Morgan fingerprint density at radius 2 is 1.96 bits per heavy atom. The summed E-state index contributed by atoms with van der Waals surface area (Å²) in [6.07, 6.45) is 16.7. The van der Waals surface area contributed by atoms with Crippen LogP contribution in [-0.4, -0.2) is 12.7 Å². The molecule has 0 aromatic heterocycles. The van der Waals surface area contributed by atoms with Gasteiger partial charge in [0.2, 0.25) is 0 Å². The smallest absolute Gasteiger partial charge is 0.0612 e. The van der Waals surface area contributed by atoms with Crippen LogP contribution >= 0.6 is 0 Å². The van der Waals surface area contributed by atoms with Gasteiger partial charge in [-0.2, -0.15) is 0 Å². The van der Waals surface area contributed by atoms with Crippen molar-refractivity contribution in [2.75, 3.05) is 6.61 Å². The van der Waals surface area contributed by atoms with Crippen LogP contribution in [0.5, 0.6) is 0 Å². The third kappa shape index (κ3) is 3.35. The van der Waals surface area contributed by atoms with Gasteiger partial charge in [-0.05, 0) is 74.0 Å². The maximum atomic E-state index is 6.11. The van der Waals surface area contributed by atoms with Crippen LogP contribution in [0.2, 0.25) is 0 Å². The van der Waals surface area contributed by atoms with E-state index in [2.05, 4.69) is 33.8 Å². The van der Waals surface area contributed by atoms with E-state index < -0.39 is 0 Å². The lowest BCUT2D eigenvalue weighted by Crippen LogP contribution is -2.48. The molecule has 0 aliphatic heterocycles. The Labute approximate surface area is 150 Å². The number of allylic oxidation sites excluding steroid dienone is 1. The average molecular weight is 333 g/mol. The fraction of sp³-hybridized carbons (Fsp3) is 0.913. The van der Waals surface area contributed by atoms with Gasteiger partial charge < -0.3 is 4.74 Å². The molecular weight excluding hydrogens is 292 g/mol. The molecule has 0 amide bonds. The molecule has 2 fully saturated rings. The fourth-order valence-corrected chi connectivity index (χ4v) is 6.61. The minimum atomic E-state index is 0.486. The number of hydrogen-bond acceptors (Lipinski definition) is 1. The van der Waals surface area contributed by atoms with Gasteiger partial charge in [-0.3, -0.25) is 0 Å². The lowest BCUT2D eigenvalue weighted by Gasteiger charge is -2.56. The van der Waals surface area contributed by atoms with Crippen molar-refractivity contribution in [3.8, 4) is 0 Å². The normalized spacial score (nSPS) is 42.2. The highest BCUT2D eigenvalue weighted by Crippen LogP contribution is 2.59. The first-order valence-electron chi connectivity index (χ1n) is 10.9. The first-order valence-corrected chi connectivity index (χ1v) is 10.9. The van der Waals surface area contributed by atoms with Gasteiger partial charge in [-0.25, -0.2) is 0 Å². The molecule has 0 radical (unpaired) electrons. The monoisotopic (exact) mass is 332 g/mol. The molecule has 3 aliphatic carbocycles. The maximum Gasteiger partial charge on any atom is 0.0612 e. The van der Waals surface area contributed by atoms with Crippen LogP contribution in [0, 0.1) is 29.1 Å². The van der Waals surface area contributed by atoms with Gasteiger partial charge in [0.1, 0.15) is 0 Å². The Balaban J connectivity index is 1.75. The topological polar surface area (TPSA) is 9.23 Å². The van der Waals surface area contributed by atoms with Crippen LogP contribution in [0.1, 0.15) is 91.9 Å². The molecule has 0 heterocycles. The van der Waals surface area contributed by atoms with Crippen LogP contribution in [0.3, 0.4) is 0 Å². The van der Waals surface area contributed by atoms with Crippen molar-refractivity contribution in [1.29, 1.82) is 0 Å². The average Bonchev–Trinajstić information content (AvgIpc) is 2.59. The molecule has 1 nitrogen and oxygen atoms in total. The van der Waals surface area contributed by atoms with E-state index in [0.717, 1.165) is 36.7 Å². The van der Waals surface area contributed by atoms with Gasteiger partial charge in [-0.1, -0.05) is 58.6 Å². The van der Waals surface area contributed by atoms with Gasteiger partial charge in [0, 0.05) is 6.61 Å². The summed E-state index contributed by atoms with van der Waals surface area (Å²) in [4.78, 5) is 0. The van der Waals surface area contributed by atoms with Crippen molar-refractivity contribution in [3.05, 3.63) is 11.6 Å². The predicted molar refractivity (Wildman–Crippen MR) is 103 cm³/mol. The summed E-state index contributed by atoms with van der Waals surface area (Å²) in [5, 5.41) is 0. The largest absolute Gasteiger partial charge is 0.378 e. The molecule has 3 rings (SSSR count). The summed E-state index contributed by atoms with van der Waals surface area (Å²) in [7, 11) is 0. The second-order valence-electron chi connectivity index (χ2n) is 9.09. The van der Waals surface area contributed by atoms with Crippen molar-refractivity contribution >= 4 is 0 Å². The van der Waals surface area contributed by atoms with Gasteiger partial charge in [0.05, 0.1) is 6.10 Å². The first-order chi connectivity index (χ1) is 11.6. The summed E-state index contributed by atoms with van der Waals surface area (Å²) in [5.74, 6) is 3.89. The van der Waals surface area contributed by atoms with Crippen molar-refractivity contribution in [2.24, 2.45) is 29.1 Å². The van der Waals surface area contributed by atoms with Crippen LogP contribution < -0.4 is 0 Å². The van der Waals surface area contributed by atoms with Crippen molar-refractivity contribution < 1.29 is 4.74 Å². The molecule has 24 heavy (non-hydrogen) atoms. The van der Waals surface area contributed by atoms with E-state index in [-0.39, 0.29) is 0 Å². The zero-order valence-electron chi connectivity index (χ0n) is 16.7. The number of hydrogen-bond donors (Lipinski definition) is 0. The molecule has 0 aromatic carbocycles. The highest BCUT2D eigenvalue weighted by atomic mass is 16.5. The van der Waals surface area contributed by atoms with E-state index in [0.29, 0.717) is 11.5 Å². The fourth-order valence-electron chi connectivity index (χ4n) is 6.61. The maximum absolute atomic E-state index is 6.11. The third-order valence-electron chi connectivity index (χ3n) is 7.83. The van der Waals surface area contributed by atoms with Crippen LogP contribution in [0.15, 0.2) is 11.6 Å². The number of fused-ring (bicyclic) bond motifs is 3. The zero-order valence-corrected chi connectivity index (χ0v) is 16.7. The van der Waals surface area contributed by atoms with E-state index >= 15 is 0 Å². The summed E-state index contributed by atoms with van der Waals surface area (Å²) in [6, 6.07) is 0. The van der Waals surface area contributed by atoms with E-state index in [1.165, 1.54) is 57.8 Å². The van der Waals surface area contributed by atoms with Crippen molar-refractivity contribution in [2.45, 2.75) is 98.0 Å². The molecule has 1 heteroatoms. The molecule has 0 spiro atoms. The quantitative estimate of drug-likeness (QED) is 0.488. The number of ether oxygens (including phenoxy) is 1. The molecule has 3 aliphatic rings. The summed E-state index contributed by atoms with van der Waals surface area (Å²) < 4.78 is 6.11. The minimum absolute atomic E-state index is 0.486. The second-order valence-corrected chi connectivity index (χ2v) is 9.09. The molecule has 6 atom stereocenters. The zero-order chi connectivity index (χ0) is 17.2. The lowest BCUT2D eigenvalue weighted by molar-refractivity contribution is -0.0339. The van der Waals surface area contributed by atoms with E-state index in [9.17, 15) is 0 Å². The Kier molecular flexibility index (Phi) is 6.11. The minimum Gasteiger partial charge on any atom is -0.378 e.